The lowest BCUT2D eigenvalue weighted by molar-refractivity contribution is -0.119. The third-order valence-corrected chi connectivity index (χ3v) is 7.16. The molecule has 3 heterocycles. The summed E-state index contributed by atoms with van der Waals surface area (Å²) in [7, 11) is 0. The van der Waals surface area contributed by atoms with Gasteiger partial charge in [-0.3, -0.25) is 14.2 Å². The fourth-order valence-electron chi connectivity index (χ4n) is 4.50. The quantitative estimate of drug-likeness (QED) is 0.669. The third kappa shape index (κ3) is 2.87. The number of thiophene rings is 1. The first kappa shape index (κ1) is 17.6. The summed E-state index contributed by atoms with van der Waals surface area (Å²) in [6, 6.07) is 8.04. The molecule has 5 nitrogen and oxygen atoms in total. The van der Waals surface area contributed by atoms with Gasteiger partial charge in [0.05, 0.1) is 11.7 Å². The van der Waals surface area contributed by atoms with Crippen molar-refractivity contribution >= 4 is 33.1 Å². The molecule has 0 bridgehead atoms. The van der Waals surface area contributed by atoms with Crippen LogP contribution in [0.1, 0.15) is 35.8 Å². The second kappa shape index (κ2) is 6.85. The summed E-state index contributed by atoms with van der Waals surface area (Å²) < 4.78 is 1.49. The number of para-hydroxylation sites is 1. The molecule has 6 heteroatoms. The van der Waals surface area contributed by atoms with E-state index < -0.39 is 0 Å². The highest BCUT2D eigenvalue weighted by molar-refractivity contribution is 7.18. The summed E-state index contributed by atoms with van der Waals surface area (Å²) in [4.78, 5) is 34.7. The van der Waals surface area contributed by atoms with Gasteiger partial charge < -0.3 is 4.90 Å². The van der Waals surface area contributed by atoms with Gasteiger partial charge in [-0.05, 0) is 55.2 Å². The Bertz CT molecular complexity index is 1130. The van der Waals surface area contributed by atoms with Crippen molar-refractivity contribution in [1.29, 1.82) is 0 Å². The fourth-order valence-corrected chi connectivity index (χ4v) is 5.84. The Hall–Kier alpha value is -2.47. The fraction of sp³-hybridized carbons (Fsp3) is 0.409. The van der Waals surface area contributed by atoms with E-state index >= 15 is 0 Å². The van der Waals surface area contributed by atoms with E-state index in [1.165, 1.54) is 20.6 Å². The highest BCUT2D eigenvalue weighted by Crippen LogP contribution is 2.35. The lowest BCUT2D eigenvalue weighted by Gasteiger charge is -2.29. The number of hydrogen-bond acceptors (Lipinski definition) is 4. The van der Waals surface area contributed by atoms with E-state index in [0.29, 0.717) is 12.5 Å². The van der Waals surface area contributed by atoms with Crippen LogP contribution in [0, 0.1) is 5.92 Å². The van der Waals surface area contributed by atoms with E-state index in [0.717, 1.165) is 48.0 Å². The topological polar surface area (TPSA) is 55.2 Å². The molecule has 0 unspecified atom stereocenters. The standard InChI is InChI=1S/C22H23N3O2S/c1-14-8-9-16-18(11-14)28-21-20(16)22(27)24(13-23-21)12-19(26)25-10-4-6-15-5-2-3-7-17(15)25/h2-3,5,7,13-14H,4,6,8-12H2,1H3/t14-/m1/s1. The first-order chi connectivity index (χ1) is 13.6. The molecule has 5 rings (SSSR count). The zero-order chi connectivity index (χ0) is 19.3. The number of aromatic nitrogens is 2. The molecule has 0 spiro atoms. The minimum atomic E-state index is -0.0734. The average molecular weight is 394 g/mol. The summed E-state index contributed by atoms with van der Waals surface area (Å²) in [5.41, 5.74) is 3.27. The van der Waals surface area contributed by atoms with Crippen molar-refractivity contribution in [2.24, 2.45) is 5.92 Å². The van der Waals surface area contributed by atoms with Crippen molar-refractivity contribution in [3.8, 4) is 0 Å². The Morgan fingerprint density at radius 2 is 2.14 bits per heavy atom. The predicted molar refractivity (Wildman–Crippen MR) is 112 cm³/mol. The number of aryl methyl sites for hydroxylation is 2. The molecule has 2 aromatic heterocycles. The largest absolute Gasteiger partial charge is 0.311 e. The van der Waals surface area contributed by atoms with Gasteiger partial charge in [-0.25, -0.2) is 4.98 Å². The van der Waals surface area contributed by atoms with Crippen LogP contribution >= 0.6 is 11.3 Å². The van der Waals surface area contributed by atoms with E-state index in [9.17, 15) is 9.59 Å². The summed E-state index contributed by atoms with van der Waals surface area (Å²) in [5, 5.41) is 0.737. The van der Waals surface area contributed by atoms with E-state index in [4.69, 9.17) is 0 Å². The van der Waals surface area contributed by atoms with Crippen LogP contribution in [0.4, 0.5) is 5.69 Å². The highest BCUT2D eigenvalue weighted by atomic mass is 32.1. The van der Waals surface area contributed by atoms with Crippen LogP contribution in [0.2, 0.25) is 0 Å². The van der Waals surface area contributed by atoms with Crippen molar-refractivity contribution in [2.75, 3.05) is 11.4 Å². The Labute approximate surface area is 167 Å². The van der Waals surface area contributed by atoms with Crippen LogP contribution < -0.4 is 10.5 Å². The summed E-state index contributed by atoms with van der Waals surface area (Å²) >= 11 is 1.64. The second-order valence-corrected chi connectivity index (χ2v) is 9.07. The molecule has 0 saturated heterocycles. The van der Waals surface area contributed by atoms with Crippen LogP contribution in [0.15, 0.2) is 35.4 Å². The molecular formula is C22H23N3O2S. The van der Waals surface area contributed by atoms with Crippen LogP contribution in [-0.2, 0) is 30.6 Å². The maximum Gasteiger partial charge on any atom is 0.262 e. The minimum Gasteiger partial charge on any atom is -0.311 e. The molecule has 28 heavy (non-hydrogen) atoms. The molecule has 1 aliphatic carbocycles. The number of carbonyl (C=O) groups is 1. The first-order valence-corrected chi connectivity index (χ1v) is 10.8. The molecule has 1 amide bonds. The smallest absolute Gasteiger partial charge is 0.262 e. The molecule has 3 aromatic rings. The number of amides is 1. The molecular weight excluding hydrogens is 370 g/mol. The number of fused-ring (bicyclic) bond motifs is 4. The van der Waals surface area contributed by atoms with E-state index in [1.807, 2.05) is 23.1 Å². The SMILES string of the molecule is C[C@@H]1CCc2c(sc3ncn(CC(=O)N4CCCc5ccccc54)c(=O)c23)C1. The molecule has 0 radical (unpaired) electrons. The van der Waals surface area contributed by atoms with Gasteiger partial charge in [0.15, 0.2) is 0 Å². The highest BCUT2D eigenvalue weighted by Gasteiger charge is 2.25. The summed E-state index contributed by atoms with van der Waals surface area (Å²) in [6.45, 7) is 3.00. The molecule has 2 aliphatic rings. The molecule has 1 atom stereocenters. The monoisotopic (exact) mass is 393 g/mol. The van der Waals surface area contributed by atoms with Crippen molar-refractivity contribution in [2.45, 2.75) is 45.6 Å². The van der Waals surface area contributed by atoms with Crippen molar-refractivity contribution in [3.63, 3.8) is 0 Å². The molecule has 0 fully saturated rings. The van der Waals surface area contributed by atoms with Gasteiger partial charge in [0.1, 0.15) is 11.4 Å². The van der Waals surface area contributed by atoms with Crippen molar-refractivity contribution in [3.05, 3.63) is 57.0 Å². The van der Waals surface area contributed by atoms with Gasteiger partial charge in [-0.1, -0.05) is 25.1 Å². The van der Waals surface area contributed by atoms with E-state index in [-0.39, 0.29) is 18.0 Å². The molecule has 0 N–H and O–H groups in total. The minimum absolute atomic E-state index is 0.0388. The molecule has 1 aliphatic heterocycles. The zero-order valence-electron chi connectivity index (χ0n) is 16.0. The van der Waals surface area contributed by atoms with Gasteiger partial charge >= 0.3 is 0 Å². The molecule has 0 saturated carbocycles. The third-order valence-electron chi connectivity index (χ3n) is 6.00. The number of nitrogens with zero attached hydrogens (tertiary/aromatic N) is 3. The van der Waals surface area contributed by atoms with Gasteiger partial charge in [0.25, 0.3) is 5.56 Å². The van der Waals surface area contributed by atoms with Crippen molar-refractivity contribution < 1.29 is 4.79 Å². The van der Waals surface area contributed by atoms with Gasteiger partial charge in [-0.2, -0.15) is 0 Å². The van der Waals surface area contributed by atoms with E-state index in [2.05, 4.69) is 18.0 Å². The lowest BCUT2D eigenvalue weighted by Crippen LogP contribution is -2.39. The molecule has 1 aromatic carbocycles. The zero-order valence-corrected chi connectivity index (χ0v) is 16.8. The number of rotatable bonds is 2. The Morgan fingerprint density at radius 1 is 1.29 bits per heavy atom. The Kier molecular flexibility index (Phi) is 4.31. The number of benzene rings is 1. The second-order valence-electron chi connectivity index (χ2n) is 7.99. The average Bonchev–Trinajstić information content (AvgIpc) is 3.07. The van der Waals surface area contributed by atoms with Crippen LogP contribution in [0.5, 0.6) is 0 Å². The maximum atomic E-state index is 13.2. The van der Waals surface area contributed by atoms with Gasteiger partial charge in [0.2, 0.25) is 5.91 Å². The number of carbonyl (C=O) groups excluding carboxylic acids is 1. The van der Waals surface area contributed by atoms with Crippen molar-refractivity contribution in [1.82, 2.24) is 9.55 Å². The normalized spacial score (nSPS) is 18.8. The Balaban J connectivity index is 1.49. The summed E-state index contributed by atoms with van der Waals surface area (Å²) in [5.74, 6) is 0.608. The van der Waals surface area contributed by atoms with Gasteiger partial charge in [0, 0.05) is 17.1 Å². The van der Waals surface area contributed by atoms with Gasteiger partial charge in [-0.15, -0.1) is 11.3 Å². The van der Waals surface area contributed by atoms with E-state index in [1.54, 1.807) is 17.7 Å². The number of hydrogen-bond donors (Lipinski definition) is 0. The van der Waals surface area contributed by atoms with Crippen LogP contribution in [0.25, 0.3) is 10.2 Å². The predicted octanol–water partition coefficient (Wildman–Crippen LogP) is 3.56. The first-order valence-electron chi connectivity index (χ1n) is 10.00. The summed E-state index contributed by atoms with van der Waals surface area (Å²) in [6.07, 6.45) is 6.56. The Morgan fingerprint density at radius 3 is 3.04 bits per heavy atom. The lowest BCUT2D eigenvalue weighted by atomic mass is 9.89. The maximum absolute atomic E-state index is 13.2. The number of anilines is 1. The van der Waals surface area contributed by atoms with Crippen LogP contribution in [-0.4, -0.2) is 22.0 Å². The van der Waals surface area contributed by atoms with Crippen LogP contribution in [0.3, 0.4) is 0 Å². The molecule has 144 valence electrons.